The Morgan fingerprint density at radius 3 is 2.68 bits per heavy atom. The first-order valence-corrected chi connectivity index (χ1v) is 6.15. The summed E-state index contributed by atoms with van der Waals surface area (Å²) in [5, 5.41) is 19.7. The lowest BCUT2D eigenvalue weighted by atomic mass is 10.1. The summed E-state index contributed by atoms with van der Waals surface area (Å²) in [7, 11) is 1.78. The molecule has 0 saturated carbocycles. The highest BCUT2D eigenvalue weighted by molar-refractivity contribution is 5.79. The molecule has 0 aliphatic carbocycles. The Balaban J connectivity index is 2.80. The molecule has 0 amide bonds. The molecule has 0 spiro atoms. The fourth-order valence-electron chi connectivity index (χ4n) is 1.84. The van der Waals surface area contributed by atoms with E-state index in [-0.39, 0.29) is 12.3 Å². The quantitative estimate of drug-likeness (QED) is 0.337. The van der Waals surface area contributed by atoms with Crippen molar-refractivity contribution in [1.82, 2.24) is 0 Å². The molecule has 0 radical (unpaired) electrons. The number of nitro groups is 1. The molecule has 0 unspecified atom stereocenters. The number of aliphatic hydroxyl groups excluding tert-OH is 1. The van der Waals surface area contributed by atoms with Crippen molar-refractivity contribution >= 4 is 17.7 Å². The second kappa shape index (κ2) is 7.48. The van der Waals surface area contributed by atoms with E-state index in [2.05, 4.69) is 0 Å². The molecule has 0 heterocycles. The molecule has 104 valence electrons. The van der Waals surface area contributed by atoms with Crippen LogP contribution in [0.1, 0.15) is 29.6 Å². The van der Waals surface area contributed by atoms with Gasteiger partial charge in [0.05, 0.1) is 4.92 Å². The molecule has 0 aliphatic heterocycles. The molecular weight excluding hydrogens is 248 g/mol. The minimum Gasteiger partial charge on any atom is -0.396 e. The molecule has 0 bridgehead atoms. The van der Waals surface area contributed by atoms with E-state index < -0.39 is 4.92 Å². The van der Waals surface area contributed by atoms with Crippen LogP contribution >= 0.6 is 0 Å². The van der Waals surface area contributed by atoms with Crippen LogP contribution in [0.5, 0.6) is 0 Å². The SMILES string of the molecule is CN(CCCCCO)c1ccc(C=O)cc1[N+](=O)[O-]. The zero-order valence-corrected chi connectivity index (χ0v) is 10.9. The van der Waals surface area contributed by atoms with Gasteiger partial charge in [0.25, 0.3) is 5.69 Å². The second-order valence-electron chi connectivity index (χ2n) is 4.33. The number of aliphatic hydroxyl groups is 1. The molecule has 6 heteroatoms. The maximum absolute atomic E-state index is 11.0. The lowest BCUT2D eigenvalue weighted by Gasteiger charge is -2.19. The molecule has 1 N–H and O–H groups in total. The number of nitro benzene ring substituents is 1. The van der Waals surface area contributed by atoms with Gasteiger partial charge in [0, 0.05) is 31.8 Å². The number of hydrogen-bond acceptors (Lipinski definition) is 5. The molecule has 0 aromatic heterocycles. The summed E-state index contributed by atoms with van der Waals surface area (Å²) in [5.41, 5.74) is 0.734. The van der Waals surface area contributed by atoms with Crippen LogP contribution in [0.3, 0.4) is 0 Å². The van der Waals surface area contributed by atoms with Gasteiger partial charge in [-0.3, -0.25) is 14.9 Å². The summed E-state index contributed by atoms with van der Waals surface area (Å²) >= 11 is 0. The van der Waals surface area contributed by atoms with Crippen LogP contribution in [0, 0.1) is 10.1 Å². The summed E-state index contributed by atoms with van der Waals surface area (Å²) in [6.07, 6.45) is 3.06. The Morgan fingerprint density at radius 1 is 1.37 bits per heavy atom. The average Bonchev–Trinajstić information content (AvgIpc) is 2.42. The molecule has 0 atom stereocenters. The standard InChI is InChI=1S/C13H18N2O4/c1-14(7-3-2-4-8-16)12-6-5-11(10-17)9-13(12)15(18)19/h5-6,9-10,16H,2-4,7-8H2,1H3. The molecule has 0 aliphatic rings. The van der Waals surface area contributed by atoms with Crippen molar-refractivity contribution in [2.24, 2.45) is 0 Å². The molecule has 0 fully saturated rings. The normalized spacial score (nSPS) is 10.2. The number of nitrogens with zero attached hydrogens (tertiary/aromatic N) is 2. The van der Waals surface area contributed by atoms with Crippen molar-refractivity contribution in [2.75, 3.05) is 25.1 Å². The summed E-state index contributed by atoms with van der Waals surface area (Å²) in [6.45, 7) is 0.833. The van der Waals surface area contributed by atoms with Gasteiger partial charge < -0.3 is 10.0 Å². The summed E-state index contributed by atoms with van der Waals surface area (Å²) in [6, 6.07) is 4.44. The fourth-order valence-corrected chi connectivity index (χ4v) is 1.84. The third-order valence-electron chi connectivity index (χ3n) is 2.90. The van der Waals surface area contributed by atoms with E-state index in [0.717, 1.165) is 19.3 Å². The summed E-state index contributed by atoms with van der Waals surface area (Å²) in [5.74, 6) is 0. The molecule has 6 nitrogen and oxygen atoms in total. The number of unbranched alkanes of at least 4 members (excludes halogenated alkanes) is 2. The van der Waals surface area contributed by atoms with Crippen LogP contribution in [-0.4, -0.2) is 36.5 Å². The number of anilines is 1. The smallest absolute Gasteiger partial charge is 0.293 e. The monoisotopic (exact) mass is 266 g/mol. The first-order valence-electron chi connectivity index (χ1n) is 6.15. The van der Waals surface area contributed by atoms with Gasteiger partial charge in [-0.05, 0) is 31.4 Å². The van der Waals surface area contributed by atoms with Crippen molar-refractivity contribution in [3.8, 4) is 0 Å². The minimum absolute atomic E-state index is 0.0609. The van der Waals surface area contributed by atoms with Crippen molar-refractivity contribution in [2.45, 2.75) is 19.3 Å². The minimum atomic E-state index is -0.480. The zero-order valence-electron chi connectivity index (χ0n) is 10.9. The van der Waals surface area contributed by atoms with Gasteiger partial charge in [0.2, 0.25) is 0 Å². The molecule has 0 saturated heterocycles. The van der Waals surface area contributed by atoms with Crippen molar-refractivity contribution in [3.05, 3.63) is 33.9 Å². The number of benzene rings is 1. The molecular formula is C13H18N2O4. The molecule has 19 heavy (non-hydrogen) atoms. The highest BCUT2D eigenvalue weighted by atomic mass is 16.6. The van der Waals surface area contributed by atoms with Crippen LogP contribution in [0.2, 0.25) is 0 Å². The fraction of sp³-hybridized carbons (Fsp3) is 0.462. The summed E-state index contributed by atoms with van der Waals surface area (Å²) in [4.78, 5) is 23.0. The van der Waals surface area contributed by atoms with Crippen LogP contribution in [0.25, 0.3) is 0 Å². The van der Waals surface area contributed by atoms with Gasteiger partial charge in [-0.2, -0.15) is 0 Å². The highest BCUT2D eigenvalue weighted by Gasteiger charge is 2.17. The van der Waals surface area contributed by atoms with Crippen LogP contribution in [0.4, 0.5) is 11.4 Å². The highest BCUT2D eigenvalue weighted by Crippen LogP contribution is 2.28. The zero-order chi connectivity index (χ0) is 14.3. The predicted molar refractivity (Wildman–Crippen MR) is 72.7 cm³/mol. The van der Waals surface area contributed by atoms with Gasteiger partial charge in [-0.25, -0.2) is 0 Å². The predicted octanol–water partition coefficient (Wildman–Crippen LogP) is 2.01. The van der Waals surface area contributed by atoms with E-state index in [0.29, 0.717) is 24.1 Å². The third kappa shape index (κ3) is 4.33. The lowest BCUT2D eigenvalue weighted by Crippen LogP contribution is -2.19. The Morgan fingerprint density at radius 2 is 2.11 bits per heavy atom. The first kappa shape index (κ1) is 15.1. The van der Waals surface area contributed by atoms with E-state index >= 15 is 0 Å². The Labute approximate surface area is 111 Å². The first-order chi connectivity index (χ1) is 9.10. The van der Waals surface area contributed by atoms with E-state index in [9.17, 15) is 14.9 Å². The Kier molecular flexibility index (Phi) is 5.95. The number of hydrogen-bond donors (Lipinski definition) is 1. The van der Waals surface area contributed by atoms with Crippen LogP contribution in [0.15, 0.2) is 18.2 Å². The van der Waals surface area contributed by atoms with Gasteiger partial charge in [-0.15, -0.1) is 0 Å². The number of aldehydes is 1. The van der Waals surface area contributed by atoms with Crippen molar-refractivity contribution in [3.63, 3.8) is 0 Å². The Hall–Kier alpha value is -1.95. The third-order valence-corrected chi connectivity index (χ3v) is 2.90. The van der Waals surface area contributed by atoms with E-state index in [1.54, 1.807) is 24.1 Å². The topological polar surface area (TPSA) is 83.7 Å². The average molecular weight is 266 g/mol. The maximum atomic E-state index is 11.0. The van der Waals surface area contributed by atoms with Gasteiger partial charge in [0.15, 0.2) is 0 Å². The second-order valence-corrected chi connectivity index (χ2v) is 4.33. The molecule has 1 aromatic carbocycles. The molecule has 1 rings (SSSR count). The van der Waals surface area contributed by atoms with Gasteiger partial charge >= 0.3 is 0 Å². The van der Waals surface area contributed by atoms with E-state index in [1.807, 2.05) is 0 Å². The van der Waals surface area contributed by atoms with Crippen molar-refractivity contribution < 1.29 is 14.8 Å². The van der Waals surface area contributed by atoms with Gasteiger partial charge in [0.1, 0.15) is 12.0 Å². The number of carbonyl (C=O) groups is 1. The lowest BCUT2D eigenvalue weighted by molar-refractivity contribution is -0.384. The van der Waals surface area contributed by atoms with E-state index in [4.69, 9.17) is 5.11 Å². The van der Waals surface area contributed by atoms with Crippen LogP contribution in [-0.2, 0) is 0 Å². The van der Waals surface area contributed by atoms with Crippen LogP contribution < -0.4 is 4.90 Å². The largest absolute Gasteiger partial charge is 0.396 e. The summed E-state index contributed by atoms with van der Waals surface area (Å²) < 4.78 is 0. The number of carbonyl (C=O) groups excluding carboxylic acids is 1. The molecule has 1 aromatic rings. The number of rotatable bonds is 8. The van der Waals surface area contributed by atoms with Gasteiger partial charge in [-0.1, -0.05) is 0 Å². The van der Waals surface area contributed by atoms with Crippen molar-refractivity contribution in [1.29, 1.82) is 0 Å². The van der Waals surface area contributed by atoms with E-state index in [1.165, 1.54) is 6.07 Å². The Bertz CT molecular complexity index is 448. The maximum Gasteiger partial charge on any atom is 0.293 e.